The van der Waals surface area contributed by atoms with E-state index in [1.165, 1.54) is 54.6 Å². The van der Waals surface area contributed by atoms with Gasteiger partial charge in [-0.3, -0.25) is 14.6 Å². The summed E-state index contributed by atoms with van der Waals surface area (Å²) in [6.45, 7) is 6.66. The number of rotatable bonds is 3. The van der Waals surface area contributed by atoms with Crippen LogP contribution in [0, 0.1) is 6.92 Å². The Labute approximate surface area is 167 Å². The summed E-state index contributed by atoms with van der Waals surface area (Å²) in [5.41, 5.74) is 5.34. The van der Waals surface area contributed by atoms with Crippen LogP contribution in [0.15, 0.2) is 42.7 Å². The Morgan fingerprint density at radius 1 is 1.07 bits per heavy atom. The quantitative estimate of drug-likeness (QED) is 0.695. The first-order valence-electron chi connectivity index (χ1n) is 10.5. The molecule has 0 aliphatic carbocycles. The smallest absolute Gasteiger partial charge is 0.0703 e. The molecule has 2 aliphatic rings. The van der Waals surface area contributed by atoms with Crippen molar-refractivity contribution in [3.05, 3.63) is 54.0 Å². The van der Waals surface area contributed by atoms with E-state index in [0.29, 0.717) is 5.54 Å². The molecule has 5 rings (SSSR count). The number of benzene rings is 1. The third-order valence-corrected chi connectivity index (χ3v) is 6.86. The topological polar surface area (TPSA) is 37.2 Å². The molecule has 3 aromatic rings. The van der Waals surface area contributed by atoms with Gasteiger partial charge < -0.3 is 4.90 Å². The van der Waals surface area contributed by atoms with Crippen molar-refractivity contribution in [1.82, 2.24) is 19.7 Å². The Hall–Kier alpha value is -2.40. The molecule has 0 unspecified atom stereocenters. The van der Waals surface area contributed by atoms with Gasteiger partial charge in [-0.2, -0.15) is 5.10 Å². The normalized spacial score (nSPS) is 19.7. The van der Waals surface area contributed by atoms with Gasteiger partial charge in [0.25, 0.3) is 0 Å². The van der Waals surface area contributed by atoms with Gasteiger partial charge in [-0.25, -0.2) is 0 Å². The van der Waals surface area contributed by atoms with E-state index in [4.69, 9.17) is 0 Å². The Balaban J connectivity index is 1.31. The van der Waals surface area contributed by atoms with Crippen LogP contribution in [0.5, 0.6) is 0 Å². The molecule has 2 aliphatic heterocycles. The molecule has 2 fully saturated rings. The molecule has 2 saturated heterocycles. The molecular formula is C23H29N5. The molecule has 146 valence electrons. The lowest BCUT2D eigenvalue weighted by Crippen LogP contribution is -2.51. The number of likely N-dealkylation sites (tertiary alicyclic amines) is 1. The molecule has 5 nitrogen and oxygen atoms in total. The first-order chi connectivity index (χ1) is 13.6. The van der Waals surface area contributed by atoms with Gasteiger partial charge >= 0.3 is 0 Å². The summed E-state index contributed by atoms with van der Waals surface area (Å²) in [6.07, 6.45) is 9.21. The van der Waals surface area contributed by atoms with E-state index < -0.39 is 0 Å². The molecular weight excluding hydrogens is 346 g/mol. The second kappa shape index (κ2) is 6.89. The van der Waals surface area contributed by atoms with Crippen LogP contribution in [0.25, 0.3) is 10.9 Å². The average molecular weight is 376 g/mol. The van der Waals surface area contributed by atoms with Gasteiger partial charge in [0.15, 0.2) is 0 Å². The molecule has 5 heteroatoms. The van der Waals surface area contributed by atoms with Crippen LogP contribution in [0.1, 0.15) is 36.9 Å². The predicted octanol–water partition coefficient (Wildman–Crippen LogP) is 3.91. The van der Waals surface area contributed by atoms with Gasteiger partial charge in [0.1, 0.15) is 0 Å². The molecule has 0 bridgehead atoms. The van der Waals surface area contributed by atoms with Gasteiger partial charge in [-0.05, 0) is 63.4 Å². The van der Waals surface area contributed by atoms with Crippen molar-refractivity contribution in [2.45, 2.75) is 44.7 Å². The molecule has 0 atom stereocenters. The molecule has 1 spiro atoms. The number of pyridine rings is 1. The van der Waals surface area contributed by atoms with Crippen molar-refractivity contribution in [3.8, 4) is 0 Å². The summed E-state index contributed by atoms with van der Waals surface area (Å²) in [6, 6.07) is 10.9. The number of hydrogen-bond acceptors (Lipinski definition) is 4. The Bertz CT molecular complexity index is 984. The second-order valence-corrected chi connectivity index (χ2v) is 8.53. The minimum Gasteiger partial charge on any atom is -0.371 e. The van der Waals surface area contributed by atoms with Crippen molar-refractivity contribution in [3.63, 3.8) is 0 Å². The number of nitrogens with zero attached hydrogens (tertiary/aromatic N) is 5. The lowest BCUT2D eigenvalue weighted by molar-refractivity contribution is 0.0996. The van der Waals surface area contributed by atoms with E-state index >= 15 is 0 Å². The summed E-state index contributed by atoms with van der Waals surface area (Å²) in [4.78, 5) is 9.76. The Morgan fingerprint density at radius 3 is 2.71 bits per heavy atom. The fourth-order valence-electron chi connectivity index (χ4n) is 5.26. The zero-order chi connectivity index (χ0) is 19.1. The van der Waals surface area contributed by atoms with Crippen LogP contribution in [0.4, 0.5) is 5.69 Å². The zero-order valence-electron chi connectivity index (χ0n) is 16.9. The zero-order valence-corrected chi connectivity index (χ0v) is 16.9. The fourth-order valence-corrected chi connectivity index (χ4v) is 5.26. The summed E-state index contributed by atoms with van der Waals surface area (Å²) < 4.78 is 1.95. The number of hydrogen-bond donors (Lipinski definition) is 0. The van der Waals surface area contributed by atoms with Crippen LogP contribution in [-0.4, -0.2) is 44.8 Å². The van der Waals surface area contributed by atoms with E-state index in [-0.39, 0.29) is 0 Å². The van der Waals surface area contributed by atoms with Gasteiger partial charge in [0, 0.05) is 61.3 Å². The highest BCUT2D eigenvalue weighted by atomic mass is 15.3. The number of aryl methyl sites for hydroxylation is 2. The summed E-state index contributed by atoms with van der Waals surface area (Å²) in [5, 5.41) is 5.77. The summed E-state index contributed by atoms with van der Waals surface area (Å²) >= 11 is 0. The Kier molecular flexibility index (Phi) is 4.35. The van der Waals surface area contributed by atoms with Gasteiger partial charge in [0.2, 0.25) is 0 Å². The van der Waals surface area contributed by atoms with Crippen molar-refractivity contribution in [1.29, 1.82) is 0 Å². The maximum Gasteiger partial charge on any atom is 0.0703 e. The molecule has 4 heterocycles. The largest absolute Gasteiger partial charge is 0.371 e. The summed E-state index contributed by atoms with van der Waals surface area (Å²) in [5.74, 6) is 0. The second-order valence-electron chi connectivity index (χ2n) is 8.53. The third kappa shape index (κ3) is 3.08. The van der Waals surface area contributed by atoms with E-state index in [1.54, 1.807) is 0 Å². The monoisotopic (exact) mass is 375 g/mol. The summed E-state index contributed by atoms with van der Waals surface area (Å²) in [7, 11) is 2.02. The molecule has 0 saturated carbocycles. The van der Waals surface area contributed by atoms with Crippen LogP contribution < -0.4 is 4.90 Å². The average Bonchev–Trinajstić information content (AvgIpc) is 3.24. The van der Waals surface area contributed by atoms with Crippen molar-refractivity contribution in [2.24, 2.45) is 7.05 Å². The fraction of sp³-hybridized carbons (Fsp3) is 0.478. The first-order valence-corrected chi connectivity index (χ1v) is 10.5. The van der Waals surface area contributed by atoms with Crippen LogP contribution >= 0.6 is 0 Å². The highest BCUT2D eigenvalue weighted by molar-refractivity contribution is 5.82. The molecule has 1 aromatic carbocycles. The standard InChI is InChI=1S/C23H29N5/c1-18-20(16-26(2)25-18)17-28-12-4-8-23(28)9-13-27(14-10-23)21-6-7-22-19(15-21)5-3-11-24-22/h3,5-7,11,15-16H,4,8-10,12-14,17H2,1-2H3. The van der Waals surface area contributed by atoms with Crippen LogP contribution in [0.2, 0.25) is 0 Å². The van der Waals surface area contributed by atoms with Gasteiger partial charge in [-0.1, -0.05) is 6.07 Å². The predicted molar refractivity (Wildman–Crippen MR) is 114 cm³/mol. The van der Waals surface area contributed by atoms with Gasteiger partial charge in [0.05, 0.1) is 11.2 Å². The molecule has 2 aromatic heterocycles. The first kappa shape index (κ1) is 17.7. The van der Waals surface area contributed by atoms with Crippen molar-refractivity contribution < 1.29 is 0 Å². The molecule has 0 N–H and O–H groups in total. The number of piperidine rings is 1. The lowest BCUT2D eigenvalue weighted by atomic mass is 9.84. The Morgan fingerprint density at radius 2 is 1.93 bits per heavy atom. The van der Waals surface area contributed by atoms with Crippen molar-refractivity contribution >= 4 is 16.6 Å². The highest BCUT2D eigenvalue weighted by Gasteiger charge is 2.43. The maximum atomic E-state index is 4.54. The van der Waals surface area contributed by atoms with E-state index in [0.717, 1.165) is 25.2 Å². The minimum atomic E-state index is 0.372. The highest BCUT2D eigenvalue weighted by Crippen LogP contribution is 2.40. The molecule has 0 radical (unpaired) electrons. The van der Waals surface area contributed by atoms with E-state index in [1.807, 2.05) is 24.0 Å². The maximum absolute atomic E-state index is 4.54. The lowest BCUT2D eigenvalue weighted by Gasteiger charge is -2.46. The number of aromatic nitrogens is 3. The number of anilines is 1. The van der Waals surface area contributed by atoms with Gasteiger partial charge in [-0.15, -0.1) is 0 Å². The number of fused-ring (bicyclic) bond motifs is 1. The van der Waals surface area contributed by atoms with Crippen molar-refractivity contribution in [2.75, 3.05) is 24.5 Å². The van der Waals surface area contributed by atoms with E-state index in [2.05, 4.69) is 57.3 Å². The van der Waals surface area contributed by atoms with Crippen LogP contribution in [0.3, 0.4) is 0 Å². The minimum absolute atomic E-state index is 0.372. The molecule has 0 amide bonds. The third-order valence-electron chi connectivity index (χ3n) is 6.86. The SMILES string of the molecule is Cc1nn(C)cc1CN1CCCC12CCN(c1ccc3ncccc3c1)CC2. The molecule has 28 heavy (non-hydrogen) atoms. The van der Waals surface area contributed by atoms with E-state index in [9.17, 15) is 0 Å². The van der Waals surface area contributed by atoms with Crippen LogP contribution in [-0.2, 0) is 13.6 Å².